The van der Waals surface area contributed by atoms with Crippen LogP contribution in [0.1, 0.15) is 5.56 Å². The zero-order valence-corrected chi connectivity index (χ0v) is 14.3. The van der Waals surface area contributed by atoms with Crippen LogP contribution in [0.3, 0.4) is 0 Å². The van der Waals surface area contributed by atoms with E-state index in [9.17, 15) is 22.4 Å². The van der Waals surface area contributed by atoms with E-state index in [4.69, 9.17) is 0 Å². The summed E-state index contributed by atoms with van der Waals surface area (Å²) in [5, 5.41) is 4.82. The molecule has 6 nitrogen and oxygen atoms in total. The Balaban J connectivity index is 1.90. The molecule has 0 heterocycles. The summed E-state index contributed by atoms with van der Waals surface area (Å²) in [7, 11) is -3.94. The Morgan fingerprint density at radius 1 is 0.920 bits per heavy atom. The predicted molar refractivity (Wildman–Crippen MR) is 93.5 cm³/mol. The molecule has 0 saturated heterocycles. The number of benzene rings is 2. The van der Waals surface area contributed by atoms with Crippen LogP contribution in [-0.4, -0.2) is 31.7 Å². The molecule has 0 atom stereocenters. The van der Waals surface area contributed by atoms with Gasteiger partial charge in [-0.3, -0.25) is 9.59 Å². The van der Waals surface area contributed by atoms with E-state index >= 15 is 0 Å². The van der Waals surface area contributed by atoms with Crippen LogP contribution in [0.4, 0.5) is 15.8 Å². The third-order valence-electron chi connectivity index (χ3n) is 3.13. The van der Waals surface area contributed by atoms with Gasteiger partial charge in [-0.1, -0.05) is 12.1 Å². The van der Waals surface area contributed by atoms with Crippen LogP contribution in [0.2, 0.25) is 0 Å². The number of carbonyl (C=O) groups excluding carboxylic acids is 2. The molecule has 2 aromatic rings. The fourth-order valence-electron chi connectivity index (χ4n) is 2.10. The van der Waals surface area contributed by atoms with Gasteiger partial charge in [-0.25, -0.2) is 12.8 Å². The van der Waals surface area contributed by atoms with Gasteiger partial charge >= 0.3 is 0 Å². The Kier molecular flexibility index (Phi) is 5.87. The minimum Gasteiger partial charge on any atom is -0.325 e. The fraction of sp³-hybridized carbons (Fsp3) is 0.176. The number of halogens is 1. The number of rotatable bonds is 6. The number of amides is 2. The van der Waals surface area contributed by atoms with Crippen molar-refractivity contribution in [2.45, 2.75) is 6.92 Å². The molecule has 132 valence electrons. The maximum absolute atomic E-state index is 12.8. The normalized spacial score (nSPS) is 11.0. The number of sulfone groups is 1. The first kappa shape index (κ1) is 18.6. The van der Waals surface area contributed by atoms with Crippen LogP contribution in [0.25, 0.3) is 0 Å². The molecule has 0 saturated carbocycles. The monoisotopic (exact) mass is 364 g/mol. The lowest BCUT2D eigenvalue weighted by Crippen LogP contribution is -2.30. The van der Waals surface area contributed by atoms with E-state index in [2.05, 4.69) is 10.6 Å². The molecule has 0 radical (unpaired) electrons. The van der Waals surface area contributed by atoms with Gasteiger partial charge in [-0.15, -0.1) is 0 Å². The molecule has 0 aliphatic rings. The van der Waals surface area contributed by atoms with Crippen LogP contribution in [0.5, 0.6) is 0 Å². The summed E-state index contributed by atoms with van der Waals surface area (Å²) in [5.74, 6) is -3.64. The minimum absolute atomic E-state index is 0.269. The van der Waals surface area contributed by atoms with Crippen molar-refractivity contribution < 1.29 is 22.4 Å². The highest BCUT2D eigenvalue weighted by Crippen LogP contribution is 2.10. The minimum atomic E-state index is -3.94. The molecule has 0 aromatic heterocycles. The third kappa shape index (κ3) is 6.34. The van der Waals surface area contributed by atoms with E-state index < -0.39 is 39.0 Å². The first-order valence-corrected chi connectivity index (χ1v) is 9.18. The molecule has 2 aromatic carbocycles. The number of nitrogens with one attached hydrogen (secondary N) is 2. The quantitative estimate of drug-likeness (QED) is 0.821. The maximum atomic E-state index is 12.8. The van der Waals surface area contributed by atoms with Gasteiger partial charge in [0.15, 0.2) is 9.84 Å². The molecule has 0 unspecified atom stereocenters. The summed E-state index contributed by atoms with van der Waals surface area (Å²) < 4.78 is 36.7. The number of hydrogen-bond donors (Lipinski definition) is 2. The summed E-state index contributed by atoms with van der Waals surface area (Å²) in [6.07, 6.45) is 0. The Hall–Kier alpha value is -2.74. The highest BCUT2D eigenvalue weighted by Gasteiger charge is 2.21. The number of hydrogen-bond acceptors (Lipinski definition) is 4. The molecule has 0 aliphatic heterocycles. The molecule has 0 fully saturated rings. The molecule has 2 rings (SSSR count). The summed E-state index contributed by atoms with van der Waals surface area (Å²) in [5.41, 5.74) is 1.67. The molecule has 0 spiro atoms. The van der Waals surface area contributed by atoms with Crippen LogP contribution in [-0.2, 0) is 19.4 Å². The van der Waals surface area contributed by atoms with E-state index in [1.807, 2.05) is 13.0 Å². The van der Waals surface area contributed by atoms with E-state index in [0.29, 0.717) is 5.69 Å². The lowest BCUT2D eigenvalue weighted by atomic mass is 10.2. The highest BCUT2D eigenvalue weighted by molar-refractivity contribution is 7.92. The molecule has 0 aliphatic carbocycles. The van der Waals surface area contributed by atoms with Gasteiger partial charge in [-0.05, 0) is 48.9 Å². The van der Waals surface area contributed by atoms with Gasteiger partial charge in [0, 0.05) is 11.4 Å². The van der Waals surface area contributed by atoms with Crippen molar-refractivity contribution in [1.82, 2.24) is 0 Å². The molecule has 2 amide bonds. The predicted octanol–water partition coefficient (Wildman–Crippen LogP) is 2.13. The molecule has 0 bridgehead atoms. The molecule has 8 heteroatoms. The summed E-state index contributed by atoms with van der Waals surface area (Å²) >= 11 is 0. The number of anilines is 2. The van der Waals surface area contributed by atoms with E-state index in [0.717, 1.165) is 17.7 Å². The van der Waals surface area contributed by atoms with Gasteiger partial charge in [0.2, 0.25) is 11.8 Å². The Morgan fingerprint density at radius 2 is 1.48 bits per heavy atom. The first-order valence-electron chi connectivity index (χ1n) is 7.36. The summed E-state index contributed by atoms with van der Waals surface area (Å²) in [6.45, 7) is 1.84. The van der Waals surface area contributed by atoms with Crippen LogP contribution >= 0.6 is 0 Å². The summed E-state index contributed by atoms with van der Waals surface area (Å²) in [4.78, 5) is 23.6. The van der Waals surface area contributed by atoms with E-state index in [1.54, 1.807) is 18.2 Å². The molecular formula is C17H17FN2O4S. The largest absolute Gasteiger partial charge is 0.325 e. The smallest absolute Gasteiger partial charge is 0.239 e. The second-order valence-electron chi connectivity index (χ2n) is 5.50. The summed E-state index contributed by atoms with van der Waals surface area (Å²) in [6, 6.07) is 11.8. The van der Waals surface area contributed by atoms with Crippen molar-refractivity contribution in [3.05, 3.63) is 59.9 Å². The topological polar surface area (TPSA) is 92.3 Å². The van der Waals surface area contributed by atoms with Gasteiger partial charge < -0.3 is 10.6 Å². The fourth-order valence-corrected chi connectivity index (χ4v) is 3.15. The highest BCUT2D eigenvalue weighted by atomic mass is 32.2. The second-order valence-corrected chi connectivity index (χ2v) is 7.57. The standard InChI is InChI=1S/C17H17FN2O4S/c1-12-3-2-4-15(9-12)20-17(22)11-25(23,24)10-16(21)19-14-7-5-13(18)6-8-14/h2-9H,10-11H2,1H3,(H,19,21)(H,20,22). The van der Waals surface area contributed by atoms with Gasteiger partial charge in [-0.2, -0.15) is 0 Å². The lowest BCUT2D eigenvalue weighted by molar-refractivity contribution is -0.114. The zero-order chi connectivity index (χ0) is 18.4. The second kappa shape index (κ2) is 7.89. The Morgan fingerprint density at radius 3 is 2.04 bits per heavy atom. The van der Waals surface area contributed by atoms with Crippen LogP contribution < -0.4 is 10.6 Å². The number of carbonyl (C=O) groups is 2. The van der Waals surface area contributed by atoms with Crippen molar-refractivity contribution in [1.29, 1.82) is 0 Å². The third-order valence-corrected chi connectivity index (χ3v) is 4.54. The van der Waals surface area contributed by atoms with Gasteiger partial charge in [0.25, 0.3) is 0 Å². The van der Waals surface area contributed by atoms with E-state index in [1.165, 1.54) is 12.1 Å². The van der Waals surface area contributed by atoms with Crippen LogP contribution in [0, 0.1) is 12.7 Å². The van der Waals surface area contributed by atoms with Gasteiger partial charge in [0.1, 0.15) is 17.3 Å². The number of aryl methyl sites for hydroxylation is 1. The average Bonchev–Trinajstić information content (AvgIpc) is 2.48. The Bertz CT molecular complexity index is 880. The average molecular weight is 364 g/mol. The van der Waals surface area contributed by atoms with Crippen molar-refractivity contribution in [2.24, 2.45) is 0 Å². The SMILES string of the molecule is Cc1cccc(NC(=O)CS(=O)(=O)CC(=O)Nc2ccc(F)cc2)c1. The van der Waals surface area contributed by atoms with Crippen molar-refractivity contribution in [3.63, 3.8) is 0 Å². The van der Waals surface area contributed by atoms with Crippen LogP contribution in [0.15, 0.2) is 48.5 Å². The molecular weight excluding hydrogens is 347 g/mol. The van der Waals surface area contributed by atoms with Crippen molar-refractivity contribution >= 4 is 33.0 Å². The van der Waals surface area contributed by atoms with Crippen molar-refractivity contribution in [2.75, 3.05) is 22.1 Å². The van der Waals surface area contributed by atoms with Crippen molar-refractivity contribution in [3.8, 4) is 0 Å². The molecule has 25 heavy (non-hydrogen) atoms. The van der Waals surface area contributed by atoms with E-state index in [-0.39, 0.29) is 5.69 Å². The zero-order valence-electron chi connectivity index (χ0n) is 13.5. The van der Waals surface area contributed by atoms with Gasteiger partial charge in [0.05, 0.1) is 0 Å². The lowest BCUT2D eigenvalue weighted by Gasteiger charge is -2.08. The Labute approximate surface area is 145 Å². The molecule has 2 N–H and O–H groups in total. The maximum Gasteiger partial charge on any atom is 0.239 e. The first-order chi connectivity index (χ1) is 11.7.